The minimum Gasteiger partial charge on any atom is -0.493 e. The Hall–Kier alpha value is -4.13. The standard InChI is InChI=1S/C24H20N4O3/c1-28-15-18(14-26-28)22-13-21(7-9-25-22)31-20-4-2-3-19(12-20)27-24(29)17-5-6-23-16(11-17)8-10-30-23/h2-7,9,11-15H,8,10H2,1H3,(H,27,29). The third kappa shape index (κ3) is 4.11. The molecule has 2 aromatic heterocycles. The fourth-order valence-electron chi connectivity index (χ4n) is 3.49. The Morgan fingerprint density at radius 2 is 2.03 bits per heavy atom. The van der Waals surface area contributed by atoms with Crippen LogP contribution in [-0.4, -0.2) is 27.3 Å². The maximum absolute atomic E-state index is 12.7. The Balaban J connectivity index is 1.31. The molecular weight excluding hydrogens is 392 g/mol. The highest BCUT2D eigenvalue weighted by atomic mass is 16.5. The fraction of sp³-hybridized carbons (Fsp3) is 0.125. The molecule has 0 radical (unpaired) electrons. The number of nitrogens with zero attached hydrogens (tertiary/aromatic N) is 3. The molecule has 154 valence electrons. The molecule has 0 fully saturated rings. The van der Waals surface area contributed by atoms with E-state index in [0.29, 0.717) is 29.4 Å². The van der Waals surface area contributed by atoms with Crippen molar-refractivity contribution in [3.8, 4) is 28.5 Å². The molecule has 1 aliphatic rings. The van der Waals surface area contributed by atoms with Crippen LogP contribution < -0.4 is 14.8 Å². The van der Waals surface area contributed by atoms with Crippen LogP contribution in [0.1, 0.15) is 15.9 Å². The summed E-state index contributed by atoms with van der Waals surface area (Å²) in [5, 5.41) is 7.11. The van der Waals surface area contributed by atoms with Crippen LogP contribution in [0.15, 0.2) is 73.2 Å². The zero-order valence-corrected chi connectivity index (χ0v) is 16.9. The van der Waals surface area contributed by atoms with Crippen LogP contribution >= 0.6 is 0 Å². The summed E-state index contributed by atoms with van der Waals surface area (Å²) in [6.45, 7) is 0.664. The Kier molecular flexibility index (Phi) is 4.84. The molecule has 31 heavy (non-hydrogen) atoms. The topological polar surface area (TPSA) is 78.3 Å². The van der Waals surface area contributed by atoms with Crippen molar-refractivity contribution in [2.24, 2.45) is 7.05 Å². The summed E-state index contributed by atoms with van der Waals surface area (Å²) >= 11 is 0. The monoisotopic (exact) mass is 412 g/mol. The van der Waals surface area contributed by atoms with Gasteiger partial charge >= 0.3 is 0 Å². The molecule has 4 aromatic rings. The number of hydrogen-bond donors (Lipinski definition) is 1. The predicted molar refractivity (Wildman–Crippen MR) is 117 cm³/mol. The quantitative estimate of drug-likeness (QED) is 0.524. The molecule has 7 heteroatoms. The van der Waals surface area contributed by atoms with E-state index in [2.05, 4.69) is 15.4 Å². The first-order valence-corrected chi connectivity index (χ1v) is 9.94. The van der Waals surface area contributed by atoms with Crippen molar-refractivity contribution in [3.05, 3.63) is 84.3 Å². The number of carbonyl (C=O) groups is 1. The number of hydrogen-bond acceptors (Lipinski definition) is 5. The molecule has 2 aromatic carbocycles. The van der Waals surface area contributed by atoms with E-state index in [1.165, 1.54) is 0 Å². The van der Waals surface area contributed by atoms with E-state index in [0.717, 1.165) is 29.0 Å². The Morgan fingerprint density at radius 1 is 1.13 bits per heavy atom. The highest BCUT2D eigenvalue weighted by molar-refractivity contribution is 6.04. The van der Waals surface area contributed by atoms with Crippen molar-refractivity contribution < 1.29 is 14.3 Å². The second-order valence-corrected chi connectivity index (χ2v) is 7.28. The molecule has 0 spiro atoms. The van der Waals surface area contributed by atoms with Gasteiger partial charge in [0.2, 0.25) is 0 Å². The number of pyridine rings is 1. The fourth-order valence-corrected chi connectivity index (χ4v) is 3.49. The van der Waals surface area contributed by atoms with Crippen molar-refractivity contribution in [2.75, 3.05) is 11.9 Å². The van der Waals surface area contributed by atoms with Crippen LogP contribution in [0.2, 0.25) is 0 Å². The van der Waals surface area contributed by atoms with E-state index in [-0.39, 0.29) is 5.91 Å². The number of amides is 1. The average Bonchev–Trinajstić information content (AvgIpc) is 3.42. The van der Waals surface area contributed by atoms with E-state index in [4.69, 9.17) is 9.47 Å². The normalized spacial score (nSPS) is 12.2. The number of aryl methyl sites for hydroxylation is 1. The van der Waals surface area contributed by atoms with E-state index < -0.39 is 0 Å². The van der Waals surface area contributed by atoms with Gasteiger partial charge in [-0.05, 0) is 42.0 Å². The van der Waals surface area contributed by atoms with Gasteiger partial charge in [0.05, 0.1) is 18.5 Å². The number of rotatable bonds is 5. The van der Waals surface area contributed by atoms with Crippen LogP contribution in [-0.2, 0) is 13.5 Å². The number of nitrogens with one attached hydrogen (secondary N) is 1. The van der Waals surface area contributed by atoms with Gasteiger partial charge in [0, 0.05) is 54.8 Å². The summed E-state index contributed by atoms with van der Waals surface area (Å²) < 4.78 is 13.2. The first-order valence-electron chi connectivity index (χ1n) is 9.94. The number of anilines is 1. The number of carbonyl (C=O) groups excluding carboxylic acids is 1. The molecule has 0 bridgehead atoms. The molecule has 7 nitrogen and oxygen atoms in total. The van der Waals surface area contributed by atoms with E-state index >= 15 is 0 Å². The average molecular weight is 412 g/mol. The zero-order chi connectivity index (χ0) is 21.2. The molecule has 1 aliphatic heterocycles. The molecule has 3 heterocycles. The lowest BCUT2D eigenvalue weighted by molar-refractivity contribution is 0.102. The lowest BCUT2D eigenvalue weighted by Gasteiger charge is -2.10. The Morgan fingerprint density at radius 3 is 2.90 bits per heavy atom. The maximum atomic E-state index is 12.7. The van der Waals surface area contributed by atoms with E-state index in [9.17, 15) is 4.79 Å². The first-order chi connectivity index (χ1) is 15.1. The van der Waals surface area contributed by atoms with Gasteiger partial charge in [-0.1, -0.05) is 6.07 Å². The molecule has 5 rings (SSSR count). The number of benzene rings is 2. The van der Waals surface area contributed by atoms with Gasteiger partial charge in [-0.25, -0.2) is 0 Å². The van der Waals surface area contributed by atoms with E-state index in [1.54, 1.807) is 35.3 Å². The van der Waals surface area contributed by atoms with Gasteiger partial charge in [0.25, 0.3) is 5.91 Å². The molecular formula is C24H20N4O3. The van der Waals surface area contributed by atoms with Crippen molar-refractivity contribution >= 4 is 11.6 Å². The molecule has 0 unspecified atom stereocenters. The SMILES string of the molecule is Cn1cc(-c2cc(Oc3cccc(NC(=O)c4ccc5c(c4)CCO5)c3)ccn2)cn1. The second-order valence-electron chi connectivity index (χ2n) is 7.28. The summed E-state index contributed by atoms with van der Waals surface area (Å²) in [7, 11) is 1.86. The summed E-state index contributed by atoms with van der Waals surface area (Å²) in [5.41, 5.74) is 4.00. The maximum Gasteiger partial charge on any atom is 0.255 e. The highest BCUT2D eigenvalue weighted by Crippen LogP contribution is 2.28. The lowest BCUT2D eigenvalue weighted by atomic mass is 10.1. The number of aromatic nitrogens is 3. The lowest BCUT2D eigenvalue weighted by Crippen LogP contribution is -2.12. The largest absolute Gasteiger partial charge is 0.493 e. The van der Waals surface area contributed by atoms with Crippen LogP contribution in [0.3, 0.4) is 0 Å². The molecule has 1 N–H and O–H groups in total. The third-order valence-corrected chi connectivity index (χ3v) is 5.01. The molecule has 0 saturated heterocycles. The van der Waals surface area contributed by atoms with Gasteiger partial charge in [-0.2, -0.15) is 5.10 Å². The molecule has 0 aliphatic carbocycles. The minimum atomic E-state index is -0.172. The van der Waals surface area contributed by atoms with Crippen LogP contribution in [0.25, 0.3) is 11.3 Å². The van der Waals surface area contributed by atoms with Gasteiger partial charge in [-0.3, -0.25) is 14.5 Å². The van der Waals surface area contributed by atoms with Crippen molar-refractivity contribution in [1.29, 1.82) is 0 Å². The summed E-state index contributed by atoms with van der Waals surface area (Å²) in [6.07, 6.45) is 6.17. The third-order valence-electron chi connectivity index (χ3n) is 5.01. The van der Waals surface area contributed by atoms with Crippen molar-refractivity contribution in [2.45, 2.75) is 6.42 Å². The van der Waals surface area contributed by atoms with Crippen molar-refractivity contribution in [3.63, 3.8) is 0 Å². The van der Waals surface area contributed by atoms with Gasteiger partial charge in [0.15, 0.2) is 0 Å². The van der Waals surface area contributed by atoms with Crippen LogP contribution in [0, 0.1) is 0 Å². The predicted octanol–water partition coefficient (Wildman–Crippen LogP) is 4.46. The van der Waals surface area contributed by atoms with Gasteiger partial charge in [0.1, 0.15) is 17.2 Å². The Bertz CT molecular complexity index is 1270. The number of fused-ring (bicyclic) bond motifs is 1. The Labute approximate surface area is 179 Å². The zero-order valence-electron chi connectivity index (χ0n) is 16.9. The van der Waals surface area contributed by atoms with Crippen LogP contribution in [0.4, 0.5) is 5.69 Å². The summed E-state index contributed by atoms with van der Waals surface area (Å²) in [6, 6.07) is 16.4. The van der Waals surface area contributed by atoms with E-state index in [1.807, 2.05) is 49.6 Å². The van der Waals surface area contributed by atoms with Gasteiger partial charge in [-0.15, -0.1) is 0 Å². The molecule has 1 amide bonds. The molecule has 0 atom stereocenters. The van der Waals surface area contributed by atoms with Gasteiger partial charge < -0.3 is 14.8 Å². The first kappa shape index (κ1) is 18.9. The number of ether oxygens (including phenoxy) is 2. The second kappa shape index (κ2) is 7.95. The minimum absolute atomic E-state index is 0.172. The summed E-state index contributed by atoms with van der Waals surface area (Å²) in [4.78, 5) is 17.1. The smallest absolute Gasteiger partial charge is 0.255 e. The summed E-state index contributed by atoms with van der Waals surface area (Å²) in [5.74, 6) is 1.95. The van der Waals surface area contributed by atoms with Crippen molar-refractivity contribution in [1.82, 2.24) is 14.8 Å². The highest BCUT2D eigenvalue weighted by Gasteiger charge is 2.15. The molecule has 0 saturated carbocycles. The van der Waals surface area contributed by atoms with Crippen LogP contribution in [0.5, 0.6) is 17.2 Å².